The lowest BCUT2D eigenvalue weighted by Crippen LogP contribution is -2.43. The first-order valence-electron chi connectivity index (χ1n) is 7.95. The van der Waals surface area contributed by atoms with Crippen LogP contribution in [0.3, 0.4) is 0 Å². The summed E-state index contributed by atoms with van der Waals surface area (Å²) in [6, 6.07) is 7.27. The minimum atomic E-state index is -4.30. The fourth-order valence-corrected chi connectivity index (χ4v) is 3.11. The Labute approximate surface area is 133 Å². The lowest BCUT2D eigenvalue weighted by Gasteiger charge is -2.32. The summed E-state index contributed by atoms with van der Waals surface area (Å²) in [4.78, 5) is 12.1. The van der Waals surface area contributed by atoms with Gasteiger partial charge in [-0.1, -0.05) is 37.1 Å². The van der Waals surface area contributed by atoms with E-state index in [1.807, 2.05) is 12.1 Å². The number of nitrogens with one attached hydrogen (secondary N) is 1. The van der Waals surface area contributed by atoms with Gasteiger partial charge in [0.1, 0.15) is 0 Å². The number of alkyl halides is 3. The predicted molar refractivity (Wildman–Crippen MR) is 80.6 cm³/mol. The molecule has 6 heteroatoms. The molecule has 0 aromatic heterocycles. The van der Waals surface area contributed by atoms with Crippen LogP contribution in [0.5, 0.6) is 0 Å². The molecular formula is C17H22F3NO2. The molecule has 2 N–H and O–H groups in total. The van der Waals surface area contributed by atoms with E-state index in [4.69, 9.17) is 5.11 Å². The summed E-state index contributed by atoms with van der Waals surface area (Å²) in [6.07, 6.45) is -2.19. The molecule has 0 radical (unpaired) electrons. The SMILES string of the molecule is O=C(NCCc1ccc(CO)cc1)C1CCCCC1C(F)(F)F. The molecule has 1 fully saturated rings. The molecule has 0 bridgehead atoms. The molecule has 128 valence electrons. The van der Waals surface area contributed by atoms with Gasteiger partial charge in [-0.2, -0.15) is 13.2 Å². The number of rotatable bonds is 5. The number of carbonyl (C=O) groups is 1. The van der Waals surface area contributed by atoms with E-state index in [2.05, 4.69) is 5.32 Å². The Morgan fingerprint density at radius 3 is 2.35 bits per heavy atom. The molecule has 0 spiro atoms. The standard InChI is InChI=1S/C17H22F3NO2/c18-17(19,20)15-4-2-1-3-14(15)16(23)21-10-9-12-5-7-13(11-22)8-6-12/h5-8,14-15,22H,1-4,9-11H2,(H,21,23). The van der Waals surface area contributed by atoms with Crippen molar-refractivity contribution in [2.45, 2.75) is 44.9 Å². The summed E-state index contributed by atoms with van der Waals surface area (Å²) in [6.45, 7) is 0.288. The molecule has 1 aliphatic rings. The van der Waals surface area contributed by atoms with E-state index in [0.717, 1.165) is 11.1 Å². The van der Waals surface area contributed by atoms with Gasteiger partial charge in [-0.15, -0.1) is 0 Å². The topological polar surface area (TPSA) is 49.3 Å². The fourth-order valence-electron chi connectivity index (χ4n) is 3.11. The quantitative estimate of drug-likeness (QED) is 0.871. The highest BCUT2D eigenvalue weighted by molar-refractivity contribution is 5.79. The van der Waals surface area contributed by atoms with Crippen molar-refractivity contribution >= 4 is 5.91 Å². The molecule has 1 amide bonds. The fraction of sp³-hybridized carbons (Fsp3) is 0.588. The van der Waals surface area contributed by atoms with E-state index in [0.29, 0.717) is 32.2 Å². The lowest BCUT2D eigenvalue weighted by atomic mass is 9.78. The Bertz CT molecular complexity index is 514. The molecule has 2 rings (SSSR count). The number of hydrogen-bond acceptors (Lipinski definition) is 2. The summed E-state index contributed by atoms with van der Waals surface area (Å²) >= 11 is 0. The van der Waals surface area contributed by atoms with Crippen LogP contribution in [-0.4, -0.2) is 23.7 Å². The smallest absolute Gasteiger partial charge is 0.392 e. The minimum absolute atomic E-state index is 0.0302. The van der Waals surface area contributed by atoms with Gasteiger partial charge in [0, 0.05) is 12.5 Å². The second kappa shape index (κ2) is 7.81. The second-order valence-electron chi connectivity index (χ2n) is 6.05. The summed E-state index contributed by atoms with van der Waals surface area (Å²) in [5, 5.41) is 11.6. The Morgan fingerprint density at radius 1 is 1.13 bits per heavy atom. The van der Waals surface area contributed by atoms with Crippen LogP contribution in [0.25, 0.3) is 0 Å². The van der Waals surface area contributed by atoms with Crippen molar-refractivity contribution < 1.29 is 23.1 Å². The van der Waals surface area contributed by atoms with Crippen LogP contribution in [0.1, 0.15) is 36.8 Å². The van der Waals surface area contributed by atoms with E-state index < -0.39 is 23.9 Å². The Kier molecular flexibility index (Phi) is 6.04. The van der Waals surface area contributed by atoms with E-state index in [1.54, 1.807) is 12.1 Å². The van der Waals surface area contributed by atoms with Crippen molar-refractivity contribution in [3.8, 4) is 0 Å². The van der Waals surface area contributed by atoms with Crippen LogP contribution < -0.4 is 5.32 Å². The van der Waals surface area contributed by atoms with Crippen LogP contribution in [-0.2, 0) is 17.8 Å². The third kappa shape index (κ3) is 4.96. The number of benzene rings is 1. The van der Waals surface area contributed by atoms with Gasteiger partial charge in [0.15, 0.2) is 0 Å². The zero-order valence-corrected chi connectivity index (χ0v) is 12.9. The maximum absolute atomic E-state index is 13.0. The van der Waals surface area contributed by atoms with Gasteiger partial charge in [-0.25, -0.2) is 0 Å². The normalized spacial score (nSPS) is 21.9. The van der Waals surface area contributed by atoms with Gasteiger partial charge in [-0.3, -0.25) is 4.79 Å². The summed E-state index contributed by atoms with van der Waals surface area (Å²) in [7, 11) is 0. The molecule has 23 heavy (non-hydrogen) atoms. The maximum atomic E-state index is 13.0. The zero-order chi connectivity index (χ0) is 16.9. The number of amides is 1. The van der Waals surface area contributed by atoms with Gasteiger partial charge >= 0.3 is 6.18 Å². The van der Waals surface area contributed by atoms with Gasteiger partial charge in [0.2, 0.25) is 5.91 Å². The number of aliphatic hydroxyl groups excluding tert-OH is 1. The molecule has 1 aromatic carbocycles. The van der Waals surface area contributed by atoms with Crippen LogP contribution in [0, 0.1) is 11.8 Å². The van der Waals surface area contributed by atoms with Crippen LogP contribution >= 0.6 is 0 Å². The molecule has 0 aliphatic heterocycles. The molecule has 2 unspecified atom stereocenters. The highest BCUT2D eigenvalue weighted by atomic mass is 19.4. The molecule has 3 nitrogen and oxygen atoms in total. The molecule has 1 aliphatic carbocycles. The van der Waals surface area contributed by atoms with Crippen molar-refractivity contribution in [2.24, 2.45) is 11.8 Å². The second-order valence-corrected chi connectivity index (χ2v) is 6.05. The van der Waals surface area contributed by atoms with Gasteiger partial charge < -0.3 is 10.4 Å². The number of carbonyl (C=O) groups excluding carboxylic acids is 1. The number of hydrogen-bond donors (Lipinski definition) is 2. The first-order valence-corrected chi connectivity index (χ1v) is 7.95. The van der Waals surface area contributed by atoms with Gasteiger partial charge in [0.25, 0.3) is 0 Å². The third-order valence-corrected chi connectivity index (χ3v) is 4.44. The molecule has 1 saturated carbocycles. The first kappa shape index (κ1) is 17.8. The molecule has 0 saturated heterocycles. The average molecular weight is 329 g/mol. The van der Waals surface area contributed by atoms with E-state index in [9.17, 15) is 18.0 Å². The minimum Gasteiger partial charge on any atom is -0.392 e. The summed E-state index contributed by atoms with van der Waals surface area (Å²) in [5.74, 6) is -2.96. The van der Waals surface area contributed by atoms with Crippen molar-refractivity contribution in [3.63, 3.8) is 0 Å². The van der Waals surface area contributed by atoms with Crippen molar-refractivity contribution in [2.75, 3.05) is 6.54 Å². The highest BCUT2D eigenvalue weighted by Crippen LogP contribution is 2.41. The van der Waals surface area contributed by atoms with Crippen molar-refractivity contribution in [1.82, 2.24) is 5.32 Å². The monoisotopic (exact) mass is 329 g/mol. The summed E-state index contributed by atoms with van der Waals surface area (Å²) in [5.41, 5.74) is 1.77. The largest absolute Gasteiger partial charge is 0.392 e. The van der Waals surface area contributed by atoms with Gasteiger partial charge in [-0.05, 0) is 30.4 Å². The van der Waals surface area contributed by atoms with Crippen molar-refractivity contribution in [3.05, 3.63) is 35.4 Å². The Hall–Kier alpha value is -1.56. The number of aliphatic hydroxyl groups is 1. The molecule has 2 atom stereocenters. The Balaban J connectivity index is 1.85. The molecular weight excluding hydrogens is 307 g/mol. The highest BCUT2D eigenvalue weighted by Gasteiger charge is 2.47. The van der Waals surface area contributed by atoms with E-state index >= 15 is 0 Å². The van der Waals surface area contributed by atoms with Crippen molar-refractivity contribution in [1.29, 1.82) is 0 Å². The number of halogens is 3. The van der Waals surface area contributed by atoms with Crippen LogP contribution in [0.15, 0.2) is 24.3 Å². The third-order valence-electron chi connectivity index (χ3n) is 4.44. The molecule has 1 aromatic rings. The van der Waals surface area contributed by atoms with E-state index in [-0.39, 0.29) is 13.0 Å². The van der Waals surface area contributed by atoms with Crippen LogP contribution in [0.2, 0.25) is 0 Å². The van der Waals surface area contributed by atoms with E-state index in [1.165, 1.54) is 0 Å². The lowest BCUT2D eigenvalue weighted by molar-refractivity contribution is -0.198. The molecule has 0 heterocycles. The van der Waals surface area contributed by atoms with Crippen LogP contribution in [0.4, 0.5) is 13.2 Å². The predicted octanol–water partition coefficient (Wildman–Crippen LogP) is 3.21. The average Bonchev–Trinajstić information content (AvgIpc) is 2.54. The zero-order valence-electron chi connectivity index (χ0n) is 12.9. The first-order chi connectivity index (χ1) is 10.9. The maximum Gasteiger partial charge on any atom is 0.392 e. The van der Waals surface area contributed by atoms with Gasteiger partial charge in [0.05, 0.1) is 12.5 Å². The summed E-state index contributed by atoms with van der Waals surface area (Å²) < 4.78 is 39.0. The Morgan fingerprint density at radius 2 is 1.74 bits per heavy atom.